The van der Waals surface area contributed by atoms with Gasteiger partial charge in [0.1, 0.15) is 0 Å². The van der Waals surface area contributed by atoms with Crippen LogP contribution >= 0.6 is 0 Å². The van der Waals surface area contributed by atoms with Gasteiger partial charge in [-0.15, -0.1) is 0 Å². The summed E-state index contributed by atoms with van der Waals surface area (Å²) >= 11 is 0. The van der Waals surface area contributed by atoms with Crippen LogP contribution in [0.25, 0.3) is 0 Å². The summed E-state index contributed by atoms with van der Waals surface area (Å²) in [5.74, 6) is 0. The number of hydrogen-bond acceptors (Lipinski definition) is 0. The van der Waals surface area contributed by atoms with Crippen LogP contribution in [0.2, 0.25) is 0 Å². The van der Waals surface area contributed by atoms with Crippen molar-refractivity contribution in [3.8, 4) is 0 Å². The van der Waals surface area contributed by atoms with Gasteiger partial charge in [0.25, 0.3) is 0 Å². The van der Waals surface area contributed by atoms with E-state index < -0.39 is 0 Å². The van der Waals surface area contributed by atoms with E-state index in [1.54, 1.807) is 11.1 Å². The average molecular weight is 293 g/mol. The van der Waals surface area contributed by atoms with E-state index in [1.165, 1.54) is 18.4 Å². The molecule has 1 aromatic rings. The molecule has 0 bridgehead atoms. The quantitative estimate of drug-likeness (QED) is 0.466. The monoisotopic (exact) mass is 292 g/mol. The predicted molar refractivity (Wildman–Crippen MR) is 101 cm³/mol. The van der Waals surface area contributed by atoms with Crippen molar-refractivity contribution in [2.24, 2.45) is 0 Å². The highest BCUT2D eigenvalue weighted by Gasteiger charge is 2.36. The molecule has 124 valence electrons. The van der Waals surface area contributed by atoms with Gasteiger partial charge in [0.2, 0.25) is 0 Å². The van der Waals surface area contributed by atoms with Gasteiger partial charge in [-0.05, 0) is 41.7 Å². The van der Waals surface area contributed by atoms with Crippen molar-refractivity contribution in [2.75, 3.05) is 0 Å². The molecule has 1 aliphatic rings. The molecule has 0 saturated heterocycles. The molecule has 0 nitrogen and oxygen atoms in total. The van der Waals surface area contributed by atoms with Crippen LogP contribution in [0.5, 0.6) is 0 Å². The summed E-state index contributed by atoms with van der Waals surface area (Å²) in [5, 5.41) is 0. The topological polar surface area (TPSA) is 0 Å². The highest BCUT2D eigenvalue weighted by atomic mass is 14.4. The molecule has 0 unspecified atom stereocenters. The molecule has 0 spiro atoms. The molecule has 0 saturated carbocycles. The fourth-order valence-electron chi connectivity index (χ4n) is 2.70. The molecule has 0 atom stereocenters. The summed E-state index contributed by atoms with van der Waals surface area (Å²) in [5.41, 5.74) is 5.23. The van der Waals surface area contributed by atoms with Crippen LogP contribution in [0.1, 0.15) is 98.8 Å². The van der Waals surface area contributed by atoms with Crippen molar-refractivity contribution in [3.05, 3.63) is 34.9 Å². The summed E-state index contributed by atoms with van der Waals surface area (Å²) in [6, 6.07) is 6.98. The van der Waals surface area contributed by atoms with Gasteiger partial charge < -0.3 is 0 Å². The van der Waals surface area contributed by atoms with Crippen LogP contribution in [0.4, 0.5) is 0 Å². The van der Waals surface area contributed by atoms with E-state index in [9.17, 15) is 0 Å². The Morgan fingerprint density at radius 3 is 1.48 bits per heavy atom. The fourth-order valence-corrected chi connectivity index (χ4v) is 2.70. The molecule has 1 aromatic carbocycles. The zero-order valence-corrected chi connectivity index (χ0v) is 16.6. The Morgan fingerprint density at radius 1 is 0.667 bits per heavy atom. The lowest BCUT2D eigenvalue weighted by atomic mass is 9.63. The second-order valence-electron chi connectivity index (χ2n) is 6.32. The van der Waals surface area contributed by atoms with Crippen molar-refractivity contribution in [1.82, 2.24) is 0 Å². The van der Waals surface area contributed by atoms with Gasteiger partial charge in [-0.25, -0.2) is 0 Å². The van der Waals surface area contributed by atoms with E-state index in [4.69, 9.17) is 0 Å². The number of fused-ring (bicyclic) bond motifs is 1. The molecular weight excluding hydrogens is 252 g/mol. The SMILES string of the molecule is CC.CC.CC.Cc1ccc2c(c1)C(C)(C)CCC2(C)C. The Hall–Kier alpha value is -0.780. The van der Waals surface area contributed by atoms with Gasteiger partial charge >= 0.3 is 0 Å². The van der Waals surface area contributed by atoms with E-state index in [0.29, 0.717) is 10.8 Å². The van der Waals surface area contributed by atoms with Gasteiger partial charge in [-0.1, -0.05) is 93.0 Å². The van der Waals surface area contributed by atoms with Crippen molar-refractivity contribution < 1.29 is 0 Å². The molecule has 0 heteroatoms. The van der Waals surface area contributed by atoms with Crippen LogP contribution in [0.3, 0.4) is 0 Å². The first-order chi connectivity index (χ1) is 9.83. The second-order valence-corrected chi connectivity index (χ2v) is 6.32. The van der Waals surface area contributed by atoms with Gasteiger partial charge in [0.05, 0.1) is 0 Å². The number of aryl methyl sites for hydroxylation is 1. The average Bonchev–Trinajstić information content (AvgIpc) is 2.50. The minimum Gasteiger partial charge on any atom is -0.0683 e. The molecule has 0 aliphatic heterocycles. The third-order valence-electron chi connectivity index (χ3n) is 4.01. The highest BCUT2D eigenvalue weighted by Crippen LogP contribution is 2.45. The minimum absolute atomic E-state index is 0.358. The third kappa shape index (κ3) is 5.85. The standard InChI is InChI=1S/C15H22.3C2H6/c1-11-6-7-12-13(10-11)15(4,5)9-8-14(12,2)3;3*1-2/h6-7,10H,8-9H2,1-5H3;3*1-2H3. The predicted octanol–water partition coefficient (Wildman–Crippen LogP) is 7.42. The van der Waals surface area contributed by atoms with Crippen molar-refractivity contribution in [2.45, 2.75) is 99.8 Å². The lowest BCUT2D eigenvalue weighted by Gasteiger charge is -2.42. The maximum atomic E-state index is 2.39. The molecule has 0 radical (unpaired) electrons. The molecule has 1 aliphatic carbocycles. The Kier molecular flexibility index (Phi) is 10.7. The Bertz CT molecular complexity index is 383. The highest BCUT2D eigenvalue weighted by molar-refractivity contribution is 5.43. The van der Waals surface area contributed by atoms with Gasteiger partial charge in [0, 0.05) is 0 Å². The molecule has 0 amide bonds. The lowest BCUT2D eigenvalue weighted by Crippen LogP contribution is -2.33. The summed E-state index contributed by atoms with van der Waals surface area (Å²) in [6.45, 7) is 23.7. The smallest absolute Gasteiger partial charge is 0.0100 e. The minimum atomic E-state index is 0.358. The van der Waals surface area contributed by atoms with Crippen molar-refractivity contribution in [1.29, 1.82) is 0 Å². The van der Waals surface area contributed by atoms with Crippen LogP contribution in [0.15, 0.2) is 18.2 Å². The third-order valence-corrected chi connectivity index (χ3v) is 4.01. The van der Waals surface area contributed by atoms with Gasteiger partial charge in [0.15, 0.2) is 0 Å². The van der Waals surface area contributed by atoms with E-state index in [2.05, 4.69) is 52.8 Å². The largest absolute Gasteiger partial charge is 0.0683 e. The first-order valence-corrected chi connectivity index (χ1v) is 8.95. The summed E-state index contributed by atoms with van der Waals surface area (Å²) in [6.07, 6.45) is 2.60. The second kappa shape index (κ2) is 10.0. The van der Waals surface area contributed by atoms with E-state index in [1.807, 2.05) is 41.5 Å². The zero-order chi connectivity index (χ0) is 17.3. The molecule has 0 N–H and O–H groups in total. The van der Waals surface area contributed by atoms with Crippen LogP contribution in [-0.2, 0) is 10.8 Å². The lowest BCUT2D eigenvalue weighted by molar-refractivity contribution is 0.331. The van der Waals surface area contributed by atoms with Crippen LogP contribution in [0, 0.1) is 6.92 Å². The maximum Gasteiger partial charge on any atom is -0.0100 e. The molecule has 21 heavy (non-hydrogen) atoms. The van der Waals surface area contributed by atoms with Crippen molar-refractivity contribution in [3.63, 3.8) is 0 Å². The van der Waals surface area contributed by atoms with Crippen molar-refractivity contribution >= 4 is 0 Å². The van der Waals surface area contributed by atoms with Crippen LogP contribution in [-0.4, -0.2) is 0 Å². The normalized spacial score (nSPS) is 16.7. The molecule has 2 rings (SSSR count). The molecular formula is C21H40. The first-order valence-electron chi connectivity index (χ1n) is 8.95. The summed E-state index contributed by atoms with van der Waals surface area (Å²) in [7, 11) is 0. The summed E-state index contributed by atoms with van der Waals surface area (Å²) < 4.78 is 0. The molecule has 0 fully saturated rings. The van der Waals surface area contributed by atoms with Gasteiger partial charge in [-0.2, -0.15) is 0 Å². The molecule has 0 heterocycles. The Labute approximate surface area is 135 Å². The Balaban J connectivity index is 0. The van der Waals surface area contributed by atoms with E-state index >= 15 is 0 Å². The number of rotatable bonds is 0. The first kappa shape index (κ1) is 22.5. The molecule has 0 aromatic heterocycles. The Morgan fingerprint density at radius 2 is 1.05 bits per heavy atom. The fraction of sp³-hybridized carbons (Fsp3) is 0.714. The number of hydrogen-bond donors (Lipinski definition) is 0. The van der Waals surface area contributed by atoms with Crippen LogP contribution < -0.4 is 0 Å². The van der Waals surface area contributed by atoms with Gasteiger partial charge in [-0.3, -0.25) is 0 Å². The zero-order valence-electron chi connectivity index (χ0n) is 16.6. The summed E-state index contributed by atoms with van der Waals surface area (Å²) in [4.78, 5) is 0. The number of benzene rings is 1. The van der Waals surface area contributed by atoms with E-state index in [0.717, 1.165) is 0 Å². The maximum absolute atomic E-state index is 2.39. The van der Waals surface area contributed by atoms with E-state index in [-0.39, 0.29) is 0 Å².